The Hall–Kier alpha value is -8.09. The number of hydrogen-bond donors (Lipinski definition) is 0. The number of rotatable bonds is 6. The summed E-state index contributed by atoms with van der Waals surface area (Å²) in [7, 11) is 0. The number of anilines is 6. The van der Waals surface area contributed by atoms with Crippen LogP contribution in [0.5, 0.6) is 46.0 Å². The van der Waals surface area contributed by atoms with Crippen molar-refractivity contribution in [2.24, 2.45) is 0 Å². The molecular weight excluding hydrogens is 954 g/mol. The van der Waals surface area contributed by atoms with E-state index >= 15 is 0 Å². The first kappa shape index (κ1) is 47.1. The van der Waals surface area contributed by atoms with Crippen LogP contribution >= 0.6 is 0 Å². The molecule has 6 aliphatic rings. The Kier molecular flexibility index (Phi) is 10.1. The van der Waals surface area contributed by atoms with Gasteiger partial charge in [-0.3, -0.25) is 0 Å². The molecule has 2 aliphatic carbocycles. The highest BCUT2D eigenvalue weighted by atomic mass is 16.5. The second kappa shape index (κ2) is 16.7. The lowest BCUT2D eigenvalue weighted by Gasteiger charge is -2.42. The molecule has 382 valence electrons. The Morgan fingerprint density at radius 3 is 1.14 bits per heavy atom. The van der Waals surface area contributed by atoms with Crippen molar-refractivity contribution in [1.82, 2.24) is 0 Å². The van der Waals surface area contributed by atoms with Crippen molar-refractivity contribution in [3.8, 4) is 46.0 Å². The number of benzene rings is 9. The van der Waals surface area contributed by atoms with Crippen LogP contribution in [0.25, 0.3) is 0 Å². The summed E-state index contributed by atoms with van der Waals surface area (Å²) in [5, 5.41) is 0. The number of fused-ring (bicyclic) bond motifs is 10. The lowest BCUT2D eigenvalue weighted by Crippen LogP contribution is -2.63. The normalized spacial score (nSPS) is 17.5. The Bertz CT molecular complexity index is 3720. The molecule has 9 aromatic carbocycles. The third-order valence-corrected chi connectivity index (χ3v) is 18.6. The van der Waals surface area contributed by atoms with E-state index in [9.17, 15) is 0 Å². The fourth-order valence-electron chi connectivity index (χ4n) is 14.2. The van der Waals surface area contributed by atoms with Crippen molar-refractivity contribution in [3.05, 3.63) is 204 Å². The minimum absolute atomic E-state index is 0.0370. The van der Waals surface area contributed by atoms with Gasteiger partial charge in [-0.2, -0.15) is 0 Å². The fourth-order valence-corrected chi connectivity index (χ4v) is 14.2. The van der Waals surface area contributed by atoms with E-state index < -0.39 is 0 Å². The Labute approximate surface area is 459 Å². The molecule has 0 fully saturated rings. The SMILES string of the molecule is CC1(C)CCC(C)(C)c2cc(Oc3cc4c5c(c3)N(c3ccccc3)c3ccccc3B5c3cc5c(cc3O4)Oc3cc(Oc4ccc6c(c4)C(C)(C)CCC6(C)C)cc4c3B5c3ccccc3N4c3ccccc3)ccc21. The smallest absolute Gasteiger partial charge is 0.256 e. The van der Waals surface area contributed by atoms with Gasteiger partial charge in [0, 0.05) is 64.5 Å². The molecule has 0 aromatic heterocycles. The minimum atomic E-state index is -0.149. The van der Waals surface area contributed by atoms with E-state index in [0.717, 1.165) is 128 Å². The Morgan fingerprint density at radius 1 is 0.333 bits per heavy atom. The van der Waals surface area contributed by atoms with Crippen molar-refractivity contribution in [1.29, 1.82) is 0 Å². The van der Waals surface area contributed by atoms with Crippen LogP contribution in [0.4, 0.5) is 34.1 Å². The van der Waals surface area contributed by atoms with E-state index in [0.29, 0.717) is 0 Å². The molecule has 6 nitrogen and oxygen atoms in total. The number of ether oxygens (including phenoxy) is 4. The zero-order chi connectivity index (χ0) is 53.0. The van der Waals surface area contributed by atoms with Gasteiger partial charge in [0.25, 0.3) is 13.4 Å². The molecule has 0 radical (unpaired) electrons. The third kappa shape index (κ3) is 7.17. The van der Waals surface area contributed by atoms with Gasteiger partial charge in [-0.25, -0.2) is 0 Å². The second-order valence-electron chi connectivity index (χ2n) is 25.3. The molecule has 0 amide bonds. The van der Waals surface area contributed by atoms with Crippen molar-refractivity contribution in [2.75, 3.05) is 9.80 Å². The molecule has 0 saturated carbocycles. The van der Waals surface area contributed by atoms with E-state index in [-0.39, 0.29) is 35.1 Å². The first-order valence-corrected chi connectivity index (χ1v) is 28.0. The summed E-state index contributed by atoms with van der Waals surface area (Å²) in [5.41, 5.74) is 19.1. The van der Waals surface area contributed by atoms with Gasteiger partial charge in [0.1, 0.15) is 46.0 Å². The first-order valence-electron chi connectivity index (χ1n) is 28.0. The van der Waals surface area contributed by atoms with Crippen LogP contribution in [0.15, 0.2) is 182 Å². The van der Waals surface area contributed by atoms with Gasteiger partial charge in [-0.1, -0.05) is 146 Å². The summed E-state index contributed by atoms with van der Waals surface area (Å²) >= 11 is 0. The van der Waals surface area contributed by atoms with Crippen molar-refractivity contribution in [3.63, 3.8) is 0 Å². The maximum atomic E-state index is 7.32. The molecular formula is C70H62B2N2O4. The van der Waals surface area contributed by atoms with Crippen LogP contribution in [-0.4, -0.2) is 13.4 Å². The third-order valence-electron chi connectivity index (χ3n) is 18.6. The molecule has 0 saturated heterocycles. The summed E-state index contributed by atoms with van der Waals surface area (Å²) in [6, 6.07) is 65.8. The highest BCUT2D eigenvalue weighted by Crippen LogP contribution is 2.51. The van der Waals surface area contributed by atoms with Crippen LogP contribution in [0.2, 0.25) is 0 Å². The average molecular weight is 1020 g/mol. The Balaban J connectivity index is 0.897. The predicted molar refractivity (Wildman–Crippen MR) is 322 cm³/mol. The van der Waals surface area contributed by atoms with Gasteiger partial charge in [-0.15, -0.1) is 0 Å². The van der Waals surface area contributed by atoms with Gasteiger partial charge in [0.2, 0.25) is 0 Å². The number of hydrogen-bond acceptors (Lipinski definition) is 6. The van der Waals surface area contributed by atoms with E-state index in [1.54, 1.807) is 0 Å². The van der Waals surface area contributed by atoms with Gasteiger partial charge in [0.05, 0.1) is 0 Å². The first-order chi connectivity index (χ1) is 37.6. The topological polar surface area (TPSA) is 43.4 Å². The lowest BCUT2D eigenvalue weighted by atomic mass is 9.31. The molecule has 4 heterocycles. The van der Waals surface area contributed by atoms with Gasteiger partial charge in [0.15, 0.2) is 0 Å². The molecule has 15 rings (SSSR count). The molecule has 0 atom stereocenters. The molecule has 0 unspecified atom stereocenters. The highest BCUT2D eigenvalue weighted by Gasteiger charge is 2.47. The lowest BCUT2D eigenvalue weighted by molar-refractivity contribution is 0.330. The molecule has 9 aromatic rings. The van der Waals surface area contributed by atoms with Crippen LogP contribution in [0.1, 0.15) is 103 Å². The van der Waals surface area contributed by atoms with E-state index in [4.69, 9.17) is 18.9 Å². The maximum Gasteiger partial charge on any atom is 0.256 e. The largest absolute Gasteiger partial charge is 0.458 e. The molecule has 0 bridgehead atoms. The quantitative estimate of drug-likeness (QED) is 0.155. The van der Waals surface area contributed by atoms with Gasteiger partial charge < -0.3 is 28.7 Å². The van der Waals surface area contributed by atoms with Crippen LogP contribution in [0.3, 0.4) is 0 Å². The Morgan fingerprint density at radius 2 is 0.718 bits per heavy atom. The van der Waals surface area contributed by atoms with E-state index in [1.165, 1.54) is 33.2 Å². The molecule has 4 aliphatic heterocycles. The van der Waals surface area contributed by atoms with Gasteiger partial charge >= 0.3 is 0 Å². The fraction of sp³-hybridized carbons (Fsp3) is 0.229. The summed E-state index contributed by atoms with van der Waals surface area (Å²) in [4.78, 5) is 4.77. The molecule has 0 N–H and O–H groups in total. The van der Waals surface area contributed by atoms with Crippen molar-refractivity contribution >= 4 is 80.3 Å². The zero-order valence-electron chi connectivity index (χ0n) is 45.8. The van der Waals surface area contributed by atoms with E-state index in [2.05, 4.69) is 247 Å². The molecule has 0 spiro atoms. The van der Waals surface area contributed by atoms with E-state index in [1.807, 2.05) is 0 Å². The number of nitrogens with zero attached hydrogens (tertiary/aromatic N) is 2. The number of para-hydroxylation sites is 4. The van der Waals surface area contributed by atoms with Crippen molar-refractivity contribution < 1.29 is 18.9 Å². The molecule has 78 heavy (non-hydrogen) atoms. The molecule has 8 heteroatoms. The average Bonchev–Trinajstić information content (AvgIpc) is 3.25. The highest BCUT2D eigenvalue weighted by molar-refractivity contribution is 7.02. The monoisotopic (exact) mass is 1020 g/mol. The van der Waals surface area contributed by atoms with Crippen LogP contribution in [0, 0.1) is 0 Å². The standard InChI is InChI=1S/C70H62B2N2O4/c1-67(2)31-33-69(5,6)51-35-45(27-29-49(51)67)75-47-37-59-65-63(39-47)77-61-42-62-56(41-55(61)71(65)53-23-15-17-25-57(53)73(59)43-19-11-9-12-20-43)72-54-24-16-18-26-58(54)74(44-21-13-10-14-22-44)60-38-48(40-64(78-62)66(60)72)76-46-28-30-50-52(36-46)70(7,8)34-32-68(50,3)4/h9-30,35-42H,31-34H2,1-8H3. The predicted octanol–water partition coefficient (Wildman–Crippen LogP) is 14.8. The summed E-state index contributed by atoms with van der Waals surface area (Å²) < 4.78 is 28.7. The summed E-state index contributed by atoms with van der Waals surface area (Å²) in [6.45, 7) is 18.6. The second-order valence-corrected chi connectivity index (χ2v) is 25.3. The zero-order valence-corrected chi connectivity index (χ0v) is 45.8. The summed E-state index contributed by atoms with van der Waals surface area (Å²) in [6.07, 6.45) is 4.56. The minimum Gasteiger partial charge on any atom is -0.458 e. The van der Waals surface area contributed by atoms with Gasteiger partial charge in [-0.05, 0) is 163 Å². The summed E-state index contributed by atoms with van der Waals surface area (Å²) in [5.74, 6) is 6.14. The maximum absolute atomic E-state index is 7.32. The van der Waals surface area contributed by atoms with Crippen molar-refractivity contribution in [2.45, 2.75) is 103 Å². The van der Waals surface area contributed by atoms with Crippen LogP contribution < -0.4 is 61.5 Å². The van der Waals surface area contributed by atoms with Crippen LogP contribution in [-0.2, 0) is 21.7 Å².